The lowest BCUT2D eigenvalue weighted by Gasteiger charge is -2.18. The minimum atomic E-state index is -0.128. The van der Waals surface area contributed by atoms with Crippen molar-refractivity contribution in [2.24, 2.45) is 0 Å². The van der Waals surface area contributed by atoms with Crippen LogP contribution in [0, 0.1) is 0 Å². The Bertz CT molecular complexity index is 1050. The third-order valence-corrected chi connectivity index (χ3v) is 6.66. The van der Waals surface area contributed by atoms with Crippen LogP contribution in [-0.4, -0.2) is 16.0 Å². The summed E-state index contributed by atoms with van der Waals surface area (Å²) < 4.78 is 5.32. The molecule has 3 heterocycles. The third kappa shape index (κ3) is 5.04. The van der Waals surface area contributed by atoms with E-state index in [1.54, 1.807) is 22.7 Å². The highest BCUT2D eigenvalue weighted by molar-refractivity contribution is 7.13. The standard InChI is InChI=1S/C23H23N3O2S2/c1-2-16-10-12-17(13-11-16)22(18-6-4-14-29-18)24-20(27)8-3-9-21-25-23(26-28-21)19-7-5-15-30-19/h4-7,10-15,22H,2-3,8-9H2,1H3,(H,24,27). The predicted molar refractivity (Wildman–Crippen MR) is 121 cm³/mol. The van der Waals surface area contributed by atoms with Crippen LogP contribution in [0.2, 0.25) is 0 Å². The first kappa shape index (κ1) is 20.5. The minimum absolute atomic E-state index is 0.0194. The Hall–Kier alpha value is -2.77. The number of nitrogens with zero attached hydrogens (tertiary/aromatic N) is 2. The Balaban J connectivity index is 1.35. The maximum absolute atomic E-state index is 12.7. The highest BCUT2D eigenvalue weighted by Gasteiger charge is 2.18. The van der Waals surface area contributed by atoms with Crippen LogP contribution in [-0.2, 0) is 17.6 Å². The van der Waals surface area contributed by atoms with E-state index in [1.807, 2.05) is 29.0 Å². The zero-order chi connectivity index (χ0) is 20.8. The molecule has 7 heteroatoms. The Morgan fingerprint density at radius 1 is 1.10 bits per heavy atom. The quantitative estimate of drug-likeness (QED) is 0.367. The molecule has 0 aliphatic carbocycles. The molecule has 0 bridgehead atoms. The molecule has 0 aliphatic rings. The molecule has 0 spiro atoms. The SMILES string of the molecule is CCc1ccc(C(NC(=O)CCCc2nc(-c3cccs3)no2)c2cccs2)cc1. The highest BCUT2D eigenvalue weighted by Crippen LogP contribution is 2.27. The third-order valence-electron chi connectivity index (χ3n) is 4.86. The van der Waals surface area contributed by atoms with Gasteiger partial charge in [0.25, 0.3) is 0 Å². The molecular weight excluding hydrogens is 414 g/mol. The van der Waals surface area contributed by atoms with Gasteiger partial charge in [-0.3, -0.25) is 4.79 Å². The van der Waals surface area contributed by atoms with E-state index in [9.17, 15) is 4.79 Å². The van der Waals surface area contributed by atoms with Crippen molar-refractivity contribution < 1.29 is 9.32 Å². The molecule has 1 atom stereocenters. The lowest BCUT2D eigenvalue weighted by molar-refractivity contribution is -0.121. The van der Waals surface area contributed by atoms with Gasteiger partial charge in [0.1, 0.15) is 0 Å². The molecular formula is C23H23N3O2S2. The van der Waals surface area contributed by atoms with Gasteiger partial charge in [0.05, 0.1) is 10.9 Å². The zero-order valence-electron chi connectivity index (χ0n) is 16.7. The van der Waals surface area contributed by atoms with E-state index in [1.165, 1.54) is 5.56 Å². The van der Waals surface area contributed by atoms with Gasteiger partial charge < -0.3 is 9.84 Å². The average Bonchev–Trinajstić information content (AvgIpc) is 3.54. The number of nitrogens with one attached hydrogen (secondary N) is 1. The van der Waals surface area contributed by atoms with Gasteiger partial charge in [-0.05, 0) is 46.9 Å². The number of hydrogen-bond acceptors (Lipinski definition) is 6. The fraction of sp³-hybridized carbons (Fsp3) is 0.261. The monoisotopic (exact) mass is 437 g/mol. The van der Waals surface area contributed by atoms with Crippen LogP contribution < -0.4 is 5.32 Å². The fourth-order valence-corrected chi connectivity index (χ4v) is 4.67. The number of benzene rings is 1. The van der Waals surface area contributed by atoms with Gasteiger partial charge in [0, 0.05) is 17.7 Å². The van der Waals surface area contributed by atoms with Crippen molar-refractivity contribution in [1.82, 2.24) is 15.5 Å². The molecule has 1 N–H and O–H groups in total. The molecule has 4 rings (SSSR count). The van der Waals surface area contributed by atoms with Crippen molar-refractivity contribution in [3.63, 3.8) is 0 Å². The molecule has 0 aliphatic heterocycles. The van der Waals surface area contributed by atoms with E-state index >= 15 is 0 Å². The first-order chi connectivity index (χ1) is 14.7. The molecule has 1 unspecified atom stereocenters. The summed E-state index contributed by atoms with van der Waals surface area (Å²) in [5, 5.41) is 11.2. The van der Waals surface area contributed by atoms with Gasteiger partial charge in [0.2, 0.25) is 17.6 Å². The maximum Gasteiger partial charge on any atom is 0.226 e. The van der Waals surface area contributed by atoms with E-state index < -0.39 is 0 Å². The molecule has 4 aromatic rings. The zero-order valence-corrected chi connectivity index (χ0v) is 18.3. The minimum Gasteiger partial charge on any atom is -0.344 e. The number of thiophene rings is 2. The van der Waals surface area contributed by atoms with Crippen LogP contribution in [0.5, 0.6) is 0 Å². The Labute approximate surface area is 183 Å². The van der Waals surface area contributed by atoms with Gasteiger partial charge in [-0.2, -0.15) is 4.98 Å². The number of carbonyl (C=O) groups excluding carboxylic acids is 1. The number of aromatic nitrogens is 2. The predicted octanol–water partition coefficient (Wildman–Crippen LogP) is 5.65. The van der Waals surface area contributed by atoms with Crippen LogP contribution in [0.4, 0.5) is 0 Å². The van der Waals surface area contributed by atoms with Crippen molar-refractivity contribution in [1.29, 1.82) is 0 Å². The summed E-state index contributed by atoms with van der Waals surface area (Å²) >= 11 is 3.23. The molecule has 0 saturated carbocycles. The lowest BCUT2D eigenvalue weighted by atomic mass is 10.0. The normalized spacial score (nSPS) is 12.0. The molecule has 0 saturated heterocycles. The second-order valence-corrected chi connectivity index (χ2v) is 8.88. The maximum atomic E-state index is 12.7. The molecule has 154 valence electrons. The number of carbonyl (C=O) groups is 1. The molecule has 30 heavy (non-hydrogen) atoms. The molecule has 5 nitrogen and oxygen atoms in total. The summed E-state index contributed by atoms with van der Waals surface area (Å²) in [6.45, 7) is 2.14. The van der Waals surface area contributed by atoms with Crippen LogP contribution in [0.1, 0.15) is 47.7 Å². The second-order valence-electron chi connectivity index (χ2n) is 6.95. The highest BCUT2D eigenvalue weighted by atomic mass is 32.1. The number of hydrogen-bond donors (Lipinski definition) is 1. The van der Waals surface area contributed by atoms with E-state index in [-0.39, 0.29) is 11.9 Å². The van der Waals surface area contributed by atoms with Crippen LogP contribution >= 0.6 is 22.7 Å². The van der Waals surface area contributed by atoms with E-state index in [0.29, 0.717) is 31.0 Å². The number of rotatable bonds is 9. The summed E-state index contributed by atoms with van der Waals surface area (Å²) in [7, 11) is 0. The van der Waals surface area contributed by atoms with E-state index in [0.717, 1.165) is 21.7 Å². The topological polar surface area (TPSA) is 68.0 Å². The van der Waals surface area contributed by atoms with Crippen LogP contribution in [0.25, 0.3) is 10.7 Å². The van der Waals surface area contributed by atoms with Crippen LogP contribution in [0.15, 0.2) is 63.8 Å². The van der Waals surface area contributed by atoms with Crippen molar-refractivity contribution in [2.75, 3.05) is 0 Å². The second kappa shape index (κ2) is 9.82. The Morgan fingerprint density at radius 3 is 2.60 bits per heavy atom. The van der Waals surface area contributed by atoms with Crippen molar-refractivity contribution in [2.45, 2.75) is 38.6 Å². The summed E-state index contributed by atoms with van der Waals surface area (Å²) in [5.41, 5.74) is 2.39. The molecule has 3 aromatic heterocycles. The van der Waals surface area contributed by atoms with Gasteiger partial charge in [-0.15, -0.1) is 22.7 Å². The lowest BCUT2D eigenvalue weighted by Crippen LogP contribution is -2.28. The van der Waals surface area contributed by atoms with Crippen molar-refractivity contribution >= 4 is 28.6 Å². The average molecular weight is 438 g/mol. The molecule has 0 fully saturated rings. The van der Waals surface area contributed by atoms with Gasteiger partial charge in [-0.1, -0.05) is 48.5 Å². The van der Waals surface area contributed by atoms with Gasteiger partial charge >= 0.3 is 0 Å². The van der Waals surface area contributed by atoms with E-state index in [2.05, 4.69) is 52.7 Å². The summed E-state index contributed by atoms with van der Waals surface area (Å²) in [6, 6.07) is 16.3. The smallest absolute Gasteiger partial charge is 0.226 e. The fourth-order valence-electron chi connectivity index (χ4n) is 3.22. The number of aryl methyl sites for hydroxylation is 2. The molecule has 0 radical (unpaired) electrons. The molecule has 1 aromatic carbocycles. The van der Waals surface area contributed by atoms with Crippen molar-refractivity contribution in [3.05, 3.63) is 81.2 Å². The van der Waals surface area contributed by atoms with Gasteiger partial charge in [-0.25, -0.2) is 0 Å². The van der Waals surface area contributed by atoms with E-state index in [4.69, 9.17) is 4.52 Å². The summed E-state index contributed by atoms with van der Waals surface area (Å²) in [6.07, 6.45) is 2.65. The molecule has 1 amide bonds. The number of amides is 1. The van der Waals surface area contributed by atoms with Crippen LogP contribution in [0.3, 0.4) is 0 Å². The Kier molecular flexibility index (Phi) is 6.71. The summed E-state index contributed by atoms with van der Waals surface area (Å²) in [4.78, 5) is 19.2. The van der Waals surface area contributed by atoms with Crippen molar-refractivity contribution in [3.8, 4) is 10.7 Å². The largest absolute Gasteiger partial charge is 0.344 e. The van der Waals surface area contributed by atoms with Gasteiger partial charge in [0.15, 0.2) is 0 Å². The first-order valence-corrected chi connectivity index (χ1v) is 11.8. The summed E-state index contributed by atoms with van der Waals surface area (Å²) in [5.74, 6) is 1.19. The Morgan fingerprint density at radius 2 is 1.90 bits per heavy atom. The first-order valence-electron chi connectivity index (χ1n) is 10.0.